The Morgan fingerprint density at radius 2 is 1.66 bits per heavy atom. The zero-order valence-electron chi connectivity index (χ0n) is 18.1. The van der Waals surface area contributed by atoms with Crippen LogP contribution in [-0.4, -0.2) is 0 Å². The summed E-state index contributed by atoms with van der Waals surface area (Å²) in [5, 5.41) is 0. The van der Waals surface area contributed by atoms with Crippen LogP contribution in [0.4, 0.5) is 0 Å². The molecule has 0 heterocycles. The maximum Gasteiger partial charge on any atom is -0.0162 e. The Hall–Kier alpha value is -2.08. The molecular weight excluding hydrogens is 348 g/mol. The molecule has 2 aromatic rings. The number of fused-ring (bicyclic) bond motifs is 1. The Morgan fingerprint density at radius 3 is 2.38 bits per heavy atom. The molecule has 2 aliphatic rings. The molecule has 0 radical (unpaired) electrons. The van der Waals surface area contributed by atoms with Gasteiger partial charge in [0.05, 0.1) is 0 Å². The van der Waals surface area contributed by atoms with Crippen molar-refractivity contribution in [2.24, 2.45) is 11.8 Å². The van der Waals surface area contributed by atoms with Gasteiger partial charge in [-0.3, -0.25) is 0 Å². The van der Waals surface area contributed by atoms with Gasteiger partial charge in [0, 0.05) is 0 Å². The molecule has 0 N–H and O–H groups in total. The molecule has 29 heavy (non-hydrogen) atoms. The third kappa shape index (κ3) is 4.92. The largest absolute Gasteiger partial charge is 0.103 e. The predicted molar refractivity (Wildman–Crippen MR) is 126 cm³/mol. The monoisotopic (exact) mass is 384 g/mol. The van der Waals surface area contributed by atoms with Crippen molar-refractivity contribution in [3.05, 3.63) is 84.0 Å². The second-order valence-electron chi connectivity index (χ2n) is 9.22. The molecule has 0 spiro atoms. The molecule has 0 nitrogen and oxygen atoms in total. The number of hydrogen-bond donors (Lipinski definition) is 0. The molecule has 0 bridgehead atoms. The average molecular weight is 385 g/mol. The third-order valence-electron chi connectivity index (χ3n) is 7.27. The minimum atomic E-state index is 0.751. The summed E-state index contributed by atoms with van der Waals surface area (Å²) in [6.07, 6.45) is 18.3. The van der Waals surface area contributed by atoms with Crippen LogP contribution in [0.1, 0.15) is 74.5 Å². The van der Waals surface area contributed by atoms with Crippen LogP contribution < -0.4 is 0 Å². The Labute approximate surface area is 177 Å². The first-order valence-corrected chi connectivity index (χ1v) is 11.7. The lowest BCUT2D eigenvalue weighted by Crippen LogP contribution is -2.14. The first-order valence-electron chi connectivity index (χ1n) is 11.7. The van der Waals surface area contributed by atoms with E-state index in [1.165, 1.54) is 68.1 Å². The van der Waals surface area contributed by atoms with Gasteiger partial charge in [-0.05, 0) is 110 Å². The number of hydrogen-bond acceptors (Lipinski definition) is 0. The highest BCUT2D eigenvalue weighted by molar-refractivity contribution is 5.65. The van der Waals surface area contributed by atoms with Crippen molar-refractivity contribution < 1.29 is 0 Å². The van der Waals surface area contributed by atoms with Crippen molar-refractivity contribution in [3.8, 4) is 11.1 Å². The molecule has 0 amide bonds. The van der Waals surface area contributed by atoms with Gasteiger partial charge in [-0.2, -0.15) is 0 Å². The van der Waals surface area contributed by atoms with E-state index in [2.05, 4.69) is 74.2 Å². The fraction of sp³-hybridized carbons (Fsp3) is 0.448. The lowest BCUT2D eigenvalue weighted by molar-refractivity contribution is 0.376. The highest BCUT2D eigenvalue weighted by Crippen LogP contribution is 2.37. The van der Waals surface area contributed by atoms with Crippen LogP contribution in [0.2, 0.25) is 0 Å². The summed E-state index contributed by atoms with van der Waals surface area (Å²) in [6.45, 7) is 6.02. The molecule has 1 saturated carbocycles. The summed E-state index contributed by atoms with van der Waals surface area (Å²) >= 11 is 0. The van der Waals surface area contributed by atoms with E-state index in [1.54, 1.807) is 11.1 Å². The minimum absolute atomic E-state index is 0.751. The molecule has 2 aromatic carbocycles. The first-order chi connectivity index (χ1) is 14.3. The van der Waals surface area contributed by atoms with Gasteiger partial charge < -0.3 is 0 Å². The van der Waals surface area contributed by atoms with Gasteiger partial charge in [-0.15, -0.1) is 6.58 Å². The van der Waals surface area contributed by atoms with Crippen LogP contribution in [0.25, 0.3) is 11.1 Å². The van der Waals surface area contributed by atoms with Crippen molar-refractivity contribution in [1.29, 1.82) is 0 Å². The van der Waals surface area contributed by atoms with Gasteiger partial charge in [0.1, 0.15) is 0 Å². The maximum absolute atomic E-state index is 3.88. The van der Waals surface area contributed by atoms with E-state index in [-0.39, 0.29) is 0 Å². The summed E-state index contributed by atoms with van der Waals surface area (Å²) in [4.78, 5) is 0. The van der Waals surface area contributed by atoms with Crippen LogP contribution in [0.5, 0.6) is 0 Å². The van der Waals surface area contributed by atoms with Gasteiger partial charge in [-0.1, -0.05) is 60.7 Å². The average Bonchev–Trinajstić information content (AvgIpc) is 2.78. The summed E-state index contributed by atoms with van der Waals surface area (Å²) in [6, 6.07) is 16.7. The smallest absolute Gasteiger partial charge is 0.0162 e. The molecular formula is C29H36. The number of benzene rings is 2. The Balaban J connectivity index is 1.41. The lowest BCUT2D eigenvalue weighted by atomic mass is 9.78. The van der Waals surface area contributed by atoms with E-state index in [0.717, 1.165) is 24.2 Å². The SMILES string of the molecule is C=CCCC1CCc2cc(-c3ccc(C4CCC(/C=C/C)CC4)cc3)ccc2C1. The van der Waals surface area contributed by atoms with Crippen LogP contribution >= 0.6 is 0 Å². The predicted octanol–water partition coefficient (Wildman–Crippen LogP) is 8.27. The number of rotatable bonds is 6. The highest BCUT2D eigenvalue weighted by Gasteiger charge is 2.21. The lowest BCUT2D eigenvalue weighted by Gasteiger charge is -2.27. The van der Waals surface area contributed by atoms with Crippen molar-refractivity contribution in [2.75, 3.05) is 0 Å². The molecule has 1 fully saturated rings. The second kappa shape index (κ2) is 9.61. The van der Waals surface area contributed by atoms with E-state index >= 15 is 0 Å². The van der Waals surface area contributed by atoms with Gasteiger partial charge >= 0.3 is 0 Å². The summed E-state index contributed by atoms with van der Waals surface area (Å²) < 4.78 is 0. The Kier molecular flexibility index (Phi) is 6.70. The van der Waals surface area contributed by atoms with E-state index < -0.39 is 0 Å². The van der Waals surface area contributed by atoms with Crippen molar-refractivity contribution >= 4 is 0 Å². The van der Waals surface area contributed by atoms with Gasteiger partial charge in [0.15, 0.2) is 0 Å². The standard InChI is InChI=1S/C29H36/c1-3-5-7-23-10-13-29-21-28(19-18-27(29)20-23)26-16-14-25(15-17-26)24-11-8-22(6-4-2)9-12-24/h3-4,6,14-19,21-24H,1,5,7-13,20H2,2H3/b6-4+. The zero-order chi connectivity index (χ0) is 20.1. The normalized spacial score (nSPS) is 24.4. The number of aryl methyl sites for hydroxylation is 1. The topological polar surface area (TPSA) is 0 Å². The summed E-state index contributed by atoms with van der Waals surface area (Å²) in [5.74, 6) is 2.40. The van der Waals surface area contributed by atoms with E-state index in [4.69, 9.17) is 0 Å². The van der Waals surface area contributed by atoms with Gasteiger partial charge in [0.2, 0.25) is 0 Å². The van der Waals surface area contributed by atoms with Crippen molar-refractivity contribution in [2.45, 2.75) is 70.6 Å². The van der Waals surface area contributed by atoms with Crippen LogP contribution in [0.3, 0.4) is 0 Å². The van der Waals surface area contributed by atoms with Crippen LogP contribution in [0, 0.1) is 11.8 Å². The zero-order valence-corrected chi connectivity index (χ0v) is 18.1. The van der Waals surface area contributed by atoms with E-state index in [1.807, 2.05) is 0 Å². The molecule has 0 heteroatoms. The molecule has 152 valence electrons. The molecule has 2 aliphatic carbocycles. The quantitative estimate of drug-likeness (QED) is 0.440. The molecule has 4 rings (SSSR count). The summed E-state index contributed by atoms with van der Waals surface area (Å²) in [5.41, 5.74) is 7.44. The van der Waals surface area contributed by atoms with E-state index in [9.17, 15) is 0 Å². The third-order valence-corrected chi connectivity index (χ3v) is 7.27. The number of allylic oxidation sites excluding steroid dienone is 3. The van der Waals surface area contributed by atoms with Gasteiger partial charge in [0.25, 0.3) is 0 Å². The maximum atomic E-state index is 3.88. The second-order valence-corrected chi connectivity index (χ2v) is 9.22. The highest BCUT2D eigenvalue weighted by atomic mass is 14.3. The first kappa shape index (κ1) is 20.2. The van der Waals surface area contributed by atoms with Crippen LogP contribution in [0.15, 0.2) is 67.3 Å². The van der Waals surface area contributed by atoms with Crippen molar-refractivity contribution in [3.63, 3.8) is 0 Å². The fourth-order valence-electron chi connectivity index (χ4n) is 5.47. The van der Waals surface area contributed by atoms with Crippen LogP contribution in [-0.2, 0) is 12.8 Å². The van der Waals surface area contributed by atoms with Crippen molar-refractivity contribution in [1.82, 2.24) is 0 Å². The molecule has 1 atom stereocenters. The molecule has 0 saturated heterocycles. The minimum Gasteiger partial charge on any atom is -0.103 e. The molecule has 1 unspecified atom stereocenters. The molecule has 0 aromatic heterocycles. The fourth-order valence-corrected chi connectivity index (χ4v) is 5.47. The van der Waals surface area contributed by atoms with E-state index in [0.29, 0.717) is 0 Å². The Morgan fingerprint density at radius 1 is 0.897 bits per heavy atom. The Bertz CT molecular complexity index is 831. The molecule has 0 aliphatic heterocycles. The van der Waals surface area contributed by atoms with Gasteiger partial charge in [-0.25, -0.2) is 0 Å². The summed E-state index contributed by atoms with van der Waals surface area (Å²) in [7, 11) is 0.